The van der Waals surface area contributed by atoms with E-state index in [4.69, 9.17) is 18.9 Å². The monoisotopic (exact) mass is 888 g/mol. The Morgan fingerprint density at radius 3 is 1.68 bits per heavy atom. The maximum absolute atomic E-state index is 13.1. The lowest BCUT2D eigenvalue weighted by atomic mass is 9.97. The zero-order valence-electron chi connectivity index (χ0n) is 38.4. The number of aliphatic hydroxyl groups is 8. The Bertz CT molecular complexity index is 1140. The van der Waals surface area contributed by atoms with Crippen LogP contribution >= 0.6 is 0 Å². The largest absolute Gasteiger partial charge is 0.394 e. The van der Waals surface area contributed by atoms with Crippen molar-refractivity contribution in [2.45, 2.75) is 254 Å². The molecule has 0 aromatic rings. The minimum atomic E-state index is -1.78. The van der Waals surface area contributed by atoms with Crippen LogP contribution in [-0.4, -0.2) is 140 Å². The summed E-state index contributed by atoms with van der Waals surface area (Å²) in [6.07, 6.45) is 20.3. The van der Waals surface area contributed by atoms with Crippen molar-refractivity contribution in [3.63, 3.8) is 0 Å². The molecule has 14 heteroatoms. The summed E-state index contributed by atoms with van der Waals surface area (Å²) < 4.78 is 22.7. The van der Waals surface area contributed by atoms with Gasteiger partial charge in [-0.15, -0.1) is 0 Å². The van der Waals surface area contributed by atoms with E-state index in [2.05, 4.69) is 43.5 Å². The van der Waals surface area contributed by atoms with Crippen molar-refractivity contribution >= 4 is 5.91 Å². The molecule has 0 radical (unpaired) electrons. The first-order valence-corrected chi connectivity index (χ1v) is 24.6. The highest BCUT2D eigenvalue weighted by atomic mass is 16.7. The number of hydrogen-bond donors (Lipinski definition) is 9. The maximum Gasteiger partial charge on any atom is 0.220 e. The number of aliphatic hydroxyl groups excluding tert-OH is 8. The smallest absolute Gasteiger partial charge is 0.220 e. The second kappa shape index (κ2) is 35.7. The third kappa shape index (κ3) is 23.1. The van der Waals surface area contributed by atoms with Crippen LogP contribution in [0.2, 0.25) is 0 Å². The normalized spacial score (nSPS) is 27.9. The predicted molar refractivity (Wildman–Crippen MR) is 240 cm³/mol. The maximum atomic E-state index is 13.1. The van der Waals surface area contributed by atoms with E-state index in [-0.39, 0.29) is 18.9 Å². The van der Waals surface area contributed by atoms with Gasteiger partial charge in [0.1, 0.15) is 48.8 Å². The summed E-state index contributed by atoms with van der Waals surface area (Å²) in [4.78, 5) is 13.1. The number of nitrogens with one attached hydrogen (secondary N) is 1. The van der Waals surface area contributed by atoms with Gasteiger partial charge in [-0.1, -0.05) is 160 Å². The molecule has 0 aliphatic carbocycles. The molecule has 0 spiro atoms. The molecule has 9 N–H and O–H groups in total. The molecular formula is C48H89NO13. The molecule has 0 saturated carbocycles. The van der Waals surface area contributed by atoms with Crippen LogP contribution in [0.4, 0.5) is 0 Å². The zero-order valence-corrected chi connectivity index (χ0v) is 38.4. The summed E-state index contributed by atoms with van der Waals surface area (Å²) in [5, 5.41) is 86.8. The van der Waals surface area contributed by atoms with Crippen molar-refractivity contribution in [2.24, 2.45) is 0 Å². The standard InChI is InChI=1S/C48H89NO13/c1-3-5-7-9-11-13-15-17-18-20-21-23-25-27-29-31-37(52)36(49-40(53)32-30-28-26-24-22-19-16-14-12-10-8-6-4-2)35-59-47-45(58)43(56)46(39(34-51)61-47)62-48-44(57)42(55)41(54)38(33-50)60-48/h8,10,14,16,36-39,41-48,50-52,54-58H,3-7,9,11-13,15,17-35H2,1-2H3,(H,49,53)/b10-8-,16-14-. The van der Waals surface area contributed by atoms with Crippen LogP contribution in [-0.2, 0) is 23.7 Å². The number of ether oxygens (including phenoxy) is 4. The fourth-order valence-electron chi connectivity index (χ4n) is 8.10. The summed E-state index contributed by atoms with van der Waals surface area (Å²) >= 11 is 0. The Balaban J connectivity index is 1.86. The number of carbonyl (C=O) groups excluding carboxylic acids is 1. The minimum absolute atomic E-state index is 0.223. The molecule has 0 aromatic heterocycles. The van der Waals surface area contributed by atoms with Crippen LogP contribution in [0.1, 0.15) is 181 Å². The van der Waals surface area contributed by atoms with E-state index in [1.165, 1.54) is 70.6 Å². The average molecular weight is 888 g/mol. The lowest BCUT2D eigenvalue weighted by Crippen LogP contribution is -2.65. The Hall–Kier alpha value is -1.53. The molecule has 14 nitrogen and oxygen atoms in total. The molecule has 12 unspecified atom stereocenters. The Labute approximate surface area is 373 Å². The predicted octanol–water partition coefficient (Wildman–Crippen LogP) is 5.77. The van der Waals surface area contributed by atoms with Crippen LogP contribution in [0.25, 0.3) is 0 Å². The molecule has 12 atom stereocenters. The van der Waals surface area contributed by atoms with Crippen LogP contribution in [0.15, 0.2) is 24.3 Å². The topological polar surface area (TPSA) is 228 Å². The Morgan fingerprint density at radius 1 is 0.581 bits per heavy atom. The van der Waals surface area contributed by atoms with Gasteiger partial charge in [-0.3, -0.25) is 4.79 Å². The van der Waals surface area contributed by atoms with E-state index < -0.39 is 86.8 Å². The third-order valence-electron chi connectivity index (χ3n) is 12.2. The number of rotatable bonds is 37. The molecule has 2 saturated heterocycles. The number of carbonyl (C=O) groups is 1. The molecule has 0 aromatic carbocycles. The molecule has 364 valence electrons. The lowest BCUT2D eigenvalue weighted by Gasteiger charge is -2.46. The fraction of sp³-hybridized carbons (Fsp3) is 0.896. The summed E-state index contributed by atoms with van der Waals surface area (Å²) in [5.41, 5.74) is 0. The van der Waals surface area contributed by atoms with Gasteiger partial charge in [-0.05, 0) is 38.5 Å². The number of amides is 1. The summed E-state index contributed by atoms with van der Waals surface area (Å²) in [6, 6.07) is -0.832. The van der Waals surface area contributed by atoms with Crippen LogP contribution in [0, 0.1) is 0 Å². The molecule has 0 bridgehead atoms. The van der Waals surface area contributed by atoms with Gasteiger partial charge in [0.05, 0.1) is 32.0 Å². The van der Waals surface area contributed by atoms with Crippen LogP contribution < -0.4 is 5.32 Å². The Morgan fingerprint density at radius 2 is 1.10 bits per heavy atom. The molecule has 2 fully saturated rings. The van der Waals surface area contributed by atoms with E-state index in [1.807, 2.05) is 0 Å². The van der Waals surface area contributed by atoms with Gasteiger partial charge in [0.2, 0.25) is 5.91 Å². The van der Waals surface area contributed by atoms with E-state index in [0.717, 1.165) is 77.0 Å². The van der Waals surface area contributed by atoms with Gasteiger partial charge in [-0.2, -0.15) is 0 Å². The van der Waals surface area contributed by atoms with Gasteiger partial charge in [0.15, 0.2) is 12.6 Å². The number of hydrogen-bond acceptors (Lipinski definition) is 13. The number of unbranched alkanes of at least 4 members (excludes halogenated alkanes) is 20. The quantitative estimate of drug-likeness (QED) is 0.0267. The van der Waals surface area contributed by atoms with Crippen molar-refractivity contribution in [3.8, 4) is 0 Å². The van der Waals surface area contributed by atoms with Crippen molar-refractivity contribution in [1.29, 1.82) is 0 Å². The van der Waals surface area contributed by atoms with E-state index >= 15 is 0 Å². The second-order valence-electron chi connectivity index (χ2n) is 17.6. The molecule has 2 aliphatic heterocycles. The van der Waals surface area contributed by atoms with Crippen LogP contribution in [0.5, 0.6) is 0 Å². The third-order valence-corrected chi connectivity index (χ3v) is 12.2. The van der Waals surface area contributed by atoms with E-state index in [0.29, 0.717) is 12.8 Å². The SMILES string of the molecule is CCC/C=C\C/C=C\CCCCCCCC(=O)NC(COC1OC(CO)C(OC2OC(CO)C(O)C(O)C2O)C(O)C1O)C(O)CCCCCCCCCCCCCCCCC. The highest BCUT2D eigenvalue weighted by Crippen LogP contribution is 2.30. The van der Waals surface area contributed by atoms with Gasteiger partial charge >= 0.3 is 0 Å². The van der Waals surface area contributed by atoms with Gasteiger partial charge in [0, 0.05) is 6.42 Å². The van der Waals surface area contributed by atoms with Crippen LogP contribution in [0.3, 0.4) is 0 Å². The van der Waals surface area contributed by atoms with Gasteiger partial charge < -0.3 is 65.1 Å². The van der Waals surface area contributed by atoms with Crippen molar-refractivity contribution < 1.29 is 64.6 Å². The molecule has 2 rings (SSSR count). The van der Waals surface area contributed by atoms with Gasteiger partial charge in [0.25, 0.3) is 0 Å². The average Bonchev–Trinajstić information content (AvgIpc) is 3.27. The molecular weight excluding hydrogens is 799 g/mol. The summed E-state index contributed by atoms with van der Waals surface area (Å²) in [5.74, 6) is -0.223. The molecule has 62 heavy (non-hydrogen) atoms. The first-order chi connectivity index (χ1) is 30.1. The highest BCUT2D eigenvalue weighted by molar-refractivity contribution is 5.76. The minimum Gasteiger partial charge on any atom is -0.394 e. The second-order valence-corrected chi connectivity index (χ2v) is 17.6. The van der Waals surface area contributed by atoms with E-state index in [1.54, 1.807) is 0 Å². The van der Waals surface area contributed by atoms with E-state index in [9.17, 15) is 45.6 Å². The van der Waals surface area contributed by atoms with Crippen molar-refractivity contribution in [2.75, 3.05) is 19.8 Å². The fourth-order valence-corrected chi connectivity index (χ4v) is 8.10. The van der Waals surface area contributed by atoms with Crippen molar-refractivity contribution in [3.05, 3.63) is 24.3 Å². The molecule has 1 amide bonds. The summed E-state index contributed by atoms with van der Waals surface area (Å²) in [6.45, 7) is 2.76. The number of allylic oxidation sites excluding steroid dienone is 4. The highest BCUT2D eigenvalue weighted by Gasteiger charge is 2.51. The molecule has 2 heterocycles. The lowest BCUT2D eigenvalue weighted by molar-refractivity contribution is -0.359. The first kappa shape index (κ1) is 56.6. The summed E-state index contributed by atoms with van der Waals surface area (Å²) in [7, 11) is 0. The molecule has 2 aliphatic rings. The van der Waals surface area contributed by atoms with Crippen molar-refractivity contribution in [1.82, 2.24) is 5.32 Å². The zero-order chi connectivity index (χ0) is 45.4. The Kier molecular flexibility index (Phi) is 32.6. The van der Waals surface area contributed by atoms with Gasteiger partial charge in [-0.25, -0.2) is 0 Å². The first-order valence-electron chi connectivity index (χ1n) is 24.6.